The van der Waals surface area contributed by atoms with Crippen molar-refractivity contribution < 1.29 is 14.3 Å². The van der Waals surface area contributed by atoms with Crippen LogP contribution in [0.2, 0.25) is 0 Å². The number of anilines is 1. The van der Waals surface area contributed by atoms with Crippen LogP contribution in [-0.4, -0.2) is 18.5 Å². The molecule has 0 radical (unpaired) electrons. The number of carbonyl (C=O) groups is 2. The molecule has 0 aromatic carbocycles. The fraction of sp³-hybridized carbons (Fsp3) is 0.667. The molecule has 126 valence electrons. The Bertz CT molecular complexity index is 589. The molecule has 0 bridgehead atoms. The van der Waals surface area contributed by atoms with E-state index in [0.29, 0.717) is 12.2 Å². The first-order chi connectivity index (χ1) is 11.2. The van der Waals surface area contributed by atoms with Crippen molar-refractivity contribution in [3.63, 3.8) is 0 Å². The fourth-order valence-electron chi connectivity index (χ4n) is 3.14. The Labute approximate surface area is 141 Å². The van der Waals surface area contributed by atoms with Crippen molar-refractivity contribution >= 4 is 28.2 Å². The Hall–Kier alpha value is -1.36. The molecule has 0 unspecified atom stereocenters. The van der Waals surface area contributed by atoms with Crippen LogP contribution in [0.4, 0.5) is 5.00 Å². The van der Waals surface area contributed by atoms with E-state index < -0.39 is 0 Å². The number of fused-ring (bicyclic) bond motifs is 1. The van der Waals surface area contributed by atoms with Gasteiger partial charge in [-0.2, -0.15) is 0 Å². The van der Waals surface area contributed by atoms with E-state index in [2.05, 4.69) is 12.2 Å². The standard InChI is InChI=1S/C18H25NO3S/c1-2-3-11-22-18(21)15-13-9-4-5-10-14(13)23-17(15)19-16(20)12-7-6-8-12/h12H,2-11H2,1H3,(H,19,20). The number of unbranched alkanes of at least 4 members (excludes halogenated alkanes) is 1. The van der Waals surface area contributed by atoms with Gasteiger partial charge >= 0.3 is 5.97 Å². The van der Waals surface area contributed by atoms with Gasteiger partial charge in [0.2, 0.25) is 5.91 Å². The second-order valence-electron chi connectivity index (χ2n) is 6.52. The van der Waals surface area contributed by atoms with Crippen LogP contribution >= 0.6 is 11.3 Å². The number of esters is 1. The van der Waals surface area contributed by atoms with Gasteiger partial charge in [-0.3, -0.25) is 4.79 Å². The number of hydrogen-bond donors (Lipinski definition) is 1. The lowest BCUT2D eigenvalue weighted by Gasteiger charge is -2.23. The van der Waals surface area contributed by atoms with Gasteiger partial charge in [-0.1, -0.05) is 19.8 Å². The highest BCUT2D eigenvalue weighted by molar-refractivity contribution is 7.17. The highest BCUT2D eigenvalue weighted by Gasteiger charge is 2.30. The SMILES string of the molecule is CCCCOC(=O)c1c(NC(=O)C2CCC2)sc2c1CCCC2. The molecule has 1 amide bonds. The first-order valence-corrected chi connectivity index (χ1v) is 9.65. The fourth-order valence-corrected chi connectivity index (χ4v) is 4.42. The minimum Gasteiger partial charge on any atom is -0.462 e. The summed E-state index contributed by atoms with van der Waals surface area (Å²) in [5.74, 6) is -0.0719. The average molecular weight is 335 g/mol. The maximum Gasteiger partial charge on any atom is 0.341 e. The van der Waals surface area contributed by atoms with Crippen molar-refractivity contribution in [3.8, 4) is 0 Å². The normalized spacial score (nSPS) is 17.3. The maximum absolute atomic E-state index is 12.5. The zero-order valence-electron chi connectivity index (χ0n) is 13.8. The quantitative estimate of drug-likeness (QED) is 0.622. The van der Waals surface area contributed by atoms with Crippen molar-refractivity contribution in [2.75, 3.05) is 11.9 Å². The number of hydrogen-bond acceptors (Lipinski definition) is 4. The van der Waals surface area contributed by atoms with Gasteiger partial charge in [0.1, 0.15) is 5.00 Å². The van der Waals surface area contributed by atoms with Crippen molar-refractivity contribution in [3.05, 3.63) is 16.0 Å². The van der Waals surface area contributed by atoms with Crippen LogP contribution in [0.15, 0.2) is 0 Å². The second kappa shape index (κ2) is 7.47. The minimum absolute atomic E-state index is 0.0671. The van der Waals surface area contributed by atoms with Crippen molar-refractivity contribution in [2.45, 2.75) is 64.7 Å². The molecule has 1 aromatic heterocycles. The van der Waals surface area contributed by atoms with Crippen LogP contribution < -0.4 is 5.32 Å². The third-order valence-corrected chi connectivity index (χ3v) is 6.03. The molecule has 23 heavy (non-hydrogen) atoms. The number of thiophene rings is 1. The van der Waals surface area contributed by atoms with Gasteiger partial charge in [0.15, 0.2) is 0 Å². The van der Waals surface area contributed by atoms with Gasteiger partial charge in [0, 0.05) is 10.8 Å². The molecule has 2 aliphatic carbocycles. The molecule has 3 rings (SSSR count). The van der Waals surface area contributed by atoms with E-state index in [0.717, 1.165) is 68.4 Å². The maximum atomic E-state index is 12.5. The van der Waals surface area contributed by atoms with Crippen molar-refractivity contribution in [2.24, 2.45) is 5.92 Å². The molecule has 1 N–H and O–H groups in total. The van der Waals surface area contributed by atoms with E-state index >= 15 is 0 Å². The molecule has 1 saturated carbocycles. The highest BCUT2D eigenvalue weighted by Crippen LogP contribution is 2.39. The van der Waals surface area contributed by atoms with Gasteiger partial charge in [-0.15, -0.1) is 11.3 Å². The number of rotatable bonds is 6. The first-order valence-electron chi connectivity index (χ1n) is 8.83. The molecule has 0 saturated heterocycles. The molecule has 4 nitrogen and oxygen atoms in total. The number of ether oxygens (including phenoxy) is 1. The smallest absolute Gasteiger partial charge is 0.341 e. The lowest BCUT2D eigenvalue weighted by molar-refractivity contribution is -0.122. The summed E-state index contributed by atoms with van der Waals surface area (Å²) in [6.45, 7) is 2.53. The van der Waals surface area contributed by atoms with E-state index in [-0.39, 0.29) is 17.8 Å². The molecule has 2 aliphatic rings. The van der Waals surface area contributed by atoms with Crippen LogP contribution in [0.1, 0.15) is 72.7 Å². The van der Waals surface area contributed by atoms with Crippen LogP contribution in [0, 0.1) is 5.92 Å². The zero-order chi connectivity index (χ0) is 16.2. The summed E-state index contributed by atoms with van der Waals surface area (Å²) >= 11 is 1.58. The number of nitrogens with one attached hydrogen (secondary N) is 1. The number of carbonyl (C=O) groups excluding carboxylic acids is 2. The van der Waals surface area contributed by atoms with Crippen LogP contribution in [0.3, 0.4) is 0 Å². The van der Waals surface area contributed by atoms with E-state index in [1.807, 2.05) is 0 Å². The summed E-state index contributed by atoms with van der Waals surface area (Å²) in [5.41, 5.74) is 1.75. The van der Waals surface area contributed by atoms with E-state index in [1.165, 1.54) is 4.88 Å². The molecular formula is C18H25NO3S. The molecular weight excluding hydrogens is 310 g/mol. The summed E-state index contributed by atoms with van der Waals surface area (Å²) in [4.78, 5) is 26.1. The third-order valence-electron chi connectivity index (χ3n) is 4.82. The summed E-state index contributed by atoms with van der Waals surface area (Å²) in [7, 11) is 0. The summed E-state index contributed by atoms with van der Waals surface area (Å²) in [6.07, 6.45) is 9.13. The molecule has 0 aliphatic heterocycles. The minimum atomic E-state index is -0.262. The molecule has 0 spiro atoms. The van der Waals surface area contributed by atoms with Crippen molar-refractivity contribution in [1.29, 1.82) is 0 Å². The Balaban J connectivity index is 1.80. The van der Waals surface area contributed by atoms with Crippen molar-refractivity contribution in [1.82, 2.24) is 0 Å². The summed E-state index contributed by atoms with van der Waals surface area (Å²) in [5, 5.41) is 3.74. The predicted octanol–water partition coefficient (Wildman–Crippen LogP) is 4.32. The molecule has 1 aromatic rings. The van der Waals surface area contributed by atoms with E-state index in [9.17, 15) is 9.59 Å². The lowest BCUT2D eigenvalue weighted by atomic mass is 9.85. The van der Waals surface area contributed by atoms with Crippen LogP contribution in [-0.2, 0) is 22.4 Å². The van der Waals surface area contributed by atoms with Gasteiger partial charge in [-0.05, 0) is 50.5 Å². The summed E-state index contributed by atoms with van der Waals surface area (Å²) in [6, 6.07) is 0. The zero-order valence-corrected chi connectivity index (χ0v) is 14.6. The monoisotopic (exact) mass is 335 g/mol. The van der Waals surface area contributed by atoms with E-state index in [1.54, 1.807) is 11.3 Å². The van der Waals surface area contributed by atoms with Gasteiger partial charge < -0.3 is 10.1 Å². The topological polar surface area (TPSA) is 55.4 Å². The molecule has 1 heterocycles. The number of amides is 1. The van der Waals surface area contributed by atoms with Crippen LogP contribution in [0.5, 0.6) is 0 Å². The van der Waals surface area contributed by atoms with Gasteiger partial charge in [0.05, 0.1) is 12.2 Å². The Morgan fingerprint density at radius 1 is 1.22 bits per heavy atom. The Morgan fingerprint density at radius 2 is 2.00 bits per heavy atom. The van der Waals surface area contributed by atoms with E-state index in [4.69, 9.17) is 4.74 Å². The summed E-state index contributed by atoms with van der Waals surface area (Å²) < 4.78 is 5.43. The third kappa shape index (κ3) is 3.60. The highest BCUT2D eigenvalue weighted by atomic mass is 32.1. The number of aryl methyl sites for hydroxylation is 1. The predicted molar refractivity (Wildman–Crippen MR) is 92.1 cm³/mol. The van der Waals surface area contributed by atoms with Crippen LogP contribution in [0.25, 0.3) is 0 Å². The molecule has 0 atom stereocenters. The molecule has 1 fully saturated rings. The lowest BCUT2D eigenvalue weighted by Crippen LogP contribution is -2.28. The van der Waals surface area contributed by atoms with Gasteiger partial charge in [0.25, 0.3) is 0 Å². The van der Waals surface area contributed by atoms with Gasteiger partial charge in [-0.25, -0.2) is 4.79 Å². The Morgan fingerprint density at radius 3 is 2.70 bits per heavy atom. The molecule has 5 heteroatoms. The Kier molecular flexibility index (Phi) is 5.36. The largest absolute Gasteiger partial charge is 0.462 e. The first kappa shape index (κ1) is 16.5. The second-order valence-corrected chi connectivity index (χ2v) is 7.63. The average Bonchev–Trinajstić information content (AvgIpc) is 2.83.